The van der Waals surface area contributed by atoms with E-state index in [0.29, 0.717) is 6.61 Å². The molecule has 133 valence electrons. The lowest BCUT2D eigenvalue weighted by Crippen LogP contribution is -2.39. The van der Waals surface area contributed by atoms with E-state index in [2.05, 4.69) is 12.2 Å². The average Bonchev–Trinajstić information content (AvgIpc) is 2.51. The number of nitrogens with one attached hydrogen (secondary N) is 1. The zero-order chi connectivity index (χ0) is 17.3. The van der Waals surface area contributed by atoms with Crippen molar-refractivity contribution >= 4 is 18.3 Å². The fourth-order valence-corrected chi connectivity index (χ4v) is 2.26. The first-order valence-electron chi connectivity index (χ1n) is 8.69. The van der Waals surface area contributed by atoms with Gasteiger partial charge in [-0.1, -0.05) is 64.7 Å². The number of amides is 2. The predicted molar refractivity (Wildman–Crippen MR) is 89.6 cm³/mol. The number of ether oxygens (including phenoxy) is 1. The standard InChI is InChI=1S/C17H31N2O4/c1-2-3-4-5-6-7-8-9-10-11-12-23-17(22)19-15(14-20)13-16(18)21/h15H,2-13H2,1H3,(H2,18,21)(H,19,22)/t15-/m1/s1. The third-order valence-electron chi connectivity index (χ3n) is 3.57. The molecule has 6 heteroatoms. The van der Waals surface area contributed by atoms with E-state index in [4.69, 9.17) is 10.5 Å². The lowest BCUT2D eigenvalue weighted by atomic mass is 10.1. The molecule has 0 aromatic carbocycles. The molecule has 0 spiro atoms. The van der Waals surface area contributed by atoms with Gasteiger partial charge >= 0.3 is 6.09 Å². The summed E-state index contributed by atoms with van der Waals surface area (Å²) >= 11 is 0. The van der Waals surface area contributed by atoms with Gasteiger partial charge in [-0.15, -0.1) is 0 Å². The molecular weight excluding hydrogens is 296 g/mol. The molecule has 1 radical (unpaired) electrons. The Balaban J connectivity index is 3.41. The largest absolute Gasteiger partial charge is 0.450 e. The van der Waals surface area contributed by atoms with Gasteiger partial charge in [0.15, 0.2) is 0 Å². The minimum Gasteiger partial charge on any atom is -0.450 e. The van der Waals surface area contributed by atoms with Crippen LogP contribution >= 0.6 is 0 Å². The van der Waals surface area contributed by atoms with Gasteiger partial charge in [-0.05, 0) is 6.42 Å². The van der Waals surface area contributed by atoms with Crippen molar-refractivity contribution in [2.45, 2.75) is 83.6 Å². The number of carbonyl (C=O) groups is 2. The Hall–Kier alpha value is -1.59. The maximum atomic E-state index is 11.4. The van der Waals surface area contributed by atoms with E-state index in [1.54, 1.807) is 6.29 Å². The maximum Gasteiger partial charge on any atom is 0.407 e. The second-order valence-corrected chi connectivity index (χ2v) is 5.80. The quantitative estimate of drug-likeness (QED) is 0.452. The number of alkyl carbamates (subject to hydrolysis) is 1. The number of hydrogen-bond donors (Lipinski definition) is 2. The Morgan fingerprint density at radius 1 is 1.00 bits per heavy atom. The van der Waals surface area contributed by atoms with Crippen LogP contribution in [0.2, 0.25) is 0 Å². The van der Waals surface area contributed by atoms with E-state index in [0.717, 1.165) is 19.3 Å². The first-order valence-corrected chi connectivity index (χ1v) is 8.69. The van der Waals surface area contributed by atoms with Gasteiger partial charge in [-0.25, -0.2) is 4.79 Å². The first-order chi connectivity index (χ1) is 11.1. The van der Waals surface area contributed by atoms with Crippen molar-refractivity contribution in [3.8, 4) is 0 Å². The van der Waals surface area contributed by atoms with Gasteiger partial charge in [0, 0.05) is 0 Å². The molecule has 0 unspecified atom stereocenters. The number of carbonyl (C=O) groups excluding carboxylic acids is 3. The van der Waals surface area contributed by atoms with Gasteiger partial charge in [0.05, 0.1) is 13.0 Å². The molecule has 2 amide bonds. The van der Waals surface area contributed by atoms with Crippen molar-refractivity contribution in [2.75, 3.05) is 6.61 Å². The summed E-state index contributed by atoms with van der Waals surface area (Å²) in [6.07, 6.45) is 12.6. The zero-order valence-corrected chi connectivity index (χ0v) is 14.3. The molecule has 23 heavy (non-hydrogen) atoms. The summed E-state index contributed by atoms with van der Waals surface area (Å²) in [4.78, 5) is 32.6. The number of rotatable bonds is 15. The van der Waals surface area contributed by atoms with Gasteiger partial charge in [0.25, 0.3) is 0 Å². The van der Waals surface area contributed by atoms with E-state index in [1.165, 1.54) is 44.9 Å². The number of unbranched alkanes of at least 4 members (excludes halogenated alkanes) is 9. The highest BCUT2D eigenvalue weighted by atomic mass is 16.5. The summed E-state index contributed by atoms with van der Waals surface area (Å²) in [5.74, 6) is -0.673. The molecule has 0 aliphatic heterocycles. The summed E-state index contributed by atoms with van der Waals surface area (Å²) in [6.45, 7) is 2.53. The van der Waals surface area contributed by atoms with E-state index < -0.39 is 18.0 Å². The highest BCUT2D eigenvalue weighted by molar-refractivity contribution is 5.81. The Morgan fingerprint density at radius 3 is 2.00 bits per heavy atom. The van der Waals surface area contributed by atoms with Crippen molar-refractivity contribution in [1.82, 2.24) is 5.32 Å². The highest BCUT2D eigenvalue weighted by Gasteiger charge is 2.15. The fraction of sp³-hybridized carbons (Fsp3) is 0.824. The Labute approximate surface area is 139 Å². The van der Waals surface area contributed by atoms with Gasteiger partial charge < -0.3 is 15.8 Å². The summed E-state index contributed by atoms with van der Waals surface area (Å²) in [7, 11) is 0. The number of primary amides is 1. The molecule has 0 saturated carbocycles. The Bertz CT molecular complexity index is 335. The van der Waals surface area contributed by atoms with Crippen LogP contribution in [0.15, 0.2) is 0 Å². The SMILES string of the molecule is CCCCCCCCCCCCOC(=O)N[C@@H]([C]=O)CC(N)=O. The van der Waals surface area contributed by atoms with Crippen molar-refractivity contribution in [3.63, 3.8) is 0 Å². The van der Waals surface area contributed by atoms with E-state index in [9.17, 15) is 14.4 Å². The third kappa shape index (κ3) is 15.1. The van der Waals surface area contributed by atoms with Crippen LogP contribution in [0.1, 0.15) is 77.6 Å². The maximum absolute atomic E-state index is 11.4. The van der Waals surface area contributed by atoms with Crippen LogP contribution in [-0.2, 0) is 14.3 Å². The van der Waals surface area contributed by atoms with Crippen molar-refractivity contribution in [2.24, 2.45) is 5.73 Å². The van der Waals surface area contributed by atoms with Gasteiger partial charge in [0.1, 0.15) is 6.04 Å². The van der Waals surface area contributed by atoms with Gasteiger partial charge in [-0.3, -0.25) is 9.59 Å². The minimum atomic E-state index is -1.03. The van der Waals surface area contributed by atoms with Crippen LogP contribution in [0.4, 0.5) is 4.79 Å². The second-order valence-electron chi connectivity index (χ2n) is 5.80. The van der Waals surface area contributed by atoms with Crippen molar-refractivity contribution in [1.29, 1.82) is 0 Å². The first kappa shape index (κ1) is 21.4. The van der Waals surface area contributed by atoms with Crippen LogP contribution in [0, 0.1) is 0 Å². The monoisotopic (exact) mass is 327 g/mol. The average molecular weight is 327 g/mol. The lowest BCUT2D eigenvalue weighted by molar-refractivity contribution is -0.118. The number of nitrogens with two attached hydrogens (primary N) is 1. The molecule has 0 fully saturated rings. The summed E-state index contributed by atoms with van der Waals surface area (Å²) < 4.78 is 4.95. The molecular formula is C17H31N2O4. The molecule has 0 aromatic rings. The molecule has 0 bridgehead atoms. The molecule has 0 aliphatic carbocycles. The Morgan fingerprint density at radius 2 is 1.52 bits per heavy atom. The summed E-state index contributed by atoms with van der Waals surface area (Å²) in [5, 5.41) is 2.25. The lowest BCUT2D eigenvalue weighted by Gasteiger charge is -2.10. The fourth-order valence-electron chi connectivity index (χ4n) is 2.26. The molecule has 0 aliphatic rings. The van der Waals surface area contributed by atoms with Crippen LogP contribution in [0.25, 0.3) is 0 Å². The van der Waals surface area contributed by atoms with Crippen molar-refractivity contribution in [3.05, 3.63) is 0 Å². The topological polar surface area (TPSA) is 98.5 Å². The molecule has 0 rings (SSSR count). The van der Waals surface area contributed by atoms with Gasteiger partial charge in [0.2, 0.25) is 12.2 Å². The van der Waals surface area contributed by atoms with Gasteiger partial charge in [-0.2, -0.15) is 0 Å². The highest BCUT2D eigenvalue weighted by Crippen LogP contribution is 2.10. The van der Waals surface area contributed by atoms with E-state index >= 15 is 0 Å². The normalized spacial score (nSPS) is 11.7. The second kappa shape index (κ2) is 15.3. The zero-order valence-electron chi connectivity index (χ0n) is 14.3. The summed E-state index contributed by atoms with van der Waals surface area (Å²) in [6, 6.07) is -1.03. The minimum absolute atomic E-state index is 0.267. The molecule has 0 aromatic heterocycles. The molecule has 1 atom stereocenters. The molecule has 0 heterocycles. The molecule has 0 saturated heterocycles. The van der Waals surface area contributed by atoms with E-state index in [1.807, 2.05) is 0 Å². The molecule has 6 nitrogen and oxygen atoms in total. The number of hydrogen-bond acceptors (Lipinski definition) is 4. The Kier molecular flexibility index (Phi) is 14.3. The summed E-state index contributed by atoms with van der Waals surface area (Å²) in [5.41, 5.74) is 4.95. The van der Waals surface area contributed by atoms with Crippen LogP contribution in [-0.4, -0.2) is 30.9 Å². The van der Waals surface area contributed by atoms with Crippen LogP contribution < -0.4 is 11.1 Å². The predicted octanol–water partition coefficient (Wildman–Crippen LogP) is 2.99. The van der Waals surface area contributed by atoms with E-state index in [-0.39, 0.29) is 6.42 Å². The van der Waals surface area contributed by atoms with Crippen molar-refractivity contribution < 1.29 is 19.1 Å². The smallest absolute Gasteiger partial charge is 0.407 e. The third-order valence-corrected chi connectivity index (χ3v) is 3.57. The van der Waals surface area contributed by atoms with Crippen LogP contribution in [0.5, 0.6) is 0 Å². The molecule has 3 N–H and O–H groups in total. The van der Waals surface area contributed by atoms with Crippen LogP contribution in [0.3, 0.4) is 0 Å².